The van der Waals surface area contributed by atoms with Crippen molar-refractivity contribution < 1.29 is 19.8 Å². The molecule has 1 aliphatic heterocycles. The Morgan fingerprint density at radius 2 is 2.20 bits per heavy atom. The van der Waals surface area contributed by atoms with E-state index in [0.717, 1.165) is 0 Å². The molecule has 1 aliphatic rings. The Bertz CT molecular complexity index is 256. The van der Waals surface area contributed by atoms with Gasteiger partial charge in [0, 0.05) is 19.5 Å². The van der Waals surface area contributed by atoms with Gasteiger partial charge in [0.25, 0.3) is 0 Å². The van der Waals surface area contributed by atoms with Crippen molar-refractivity contribution in [2.24, 2.45) is 5.73 Å². The van der Waals surface area contributed by atoms with Gasteiger partial charge in [-0.05, 0) is 12.8 Å². The van der Waals surface area contributed by atoms with Crippen molar-refractivity contribution in [3.63, 3.8) is 0 Å². The van der Waals surface area contributed by atoms with E-state index in [1.165, 1.54) is 4.90 Å². The van der Waals surface area contributed by atoms with E-state index in [-0.39, 0.29) is 18.7 Å². The maximum atomic E-state index is 11.6. The molecule has 86 valence electrons. The van der Waals surface area contributed by atoms with Gasteiger partial charge in [-0.15, -0.1) is 0 Å². The van der Waals surface area contributed by atoms with Gasteiger partial charge in [0.1, 0.15) is 0 Å². The molecule has 0 radical (unpaired) electrons. The molecule has 1 saturated heterocycles. The SMILES string of the molecule is NC(CCC(=O)O)C(=O)N1CC[C@H](O)C1. The van der Waals surface area contributed by atoms with Crippen LogP contribution in [0.15, 0.2) is 0 Å². The molecule has 0 saturated carbocycles. The van der Waals surface area contributed by atoms with Gasteiger partial charge in [0.05, 0.1) is 12.1 Å². The van der Waals surface area contributed by atoms with Gasteiger partial charge in [-0.1, -0.05) is 0 Å². The van der Waals surface area contributed by atoms with E-state index < -0.39 is 18.1 Å². The zero-order valence-corrected chi connectivity index (χ0v) is 8.43. The minimum Gasteiger partial charge on any atom is -0.481 e. The van der Waals surface area contributed by atoms with Crippen molar-refractivity contribution in [2.45, 2.75) is 31.4 Å². The lowest BCUT2D eigenvalue weighted by molar-refractivity contribution is -0.137. The number of aliphatic hydroxyl groups is 1. The summed E-state index contributed by atoms with van der Waals surface area (Å²) in [6.07, 6.45) is 0.127. The lowest BCUT2D eigenvalue weighted by Gasteiger charge is -2.19. The smallest absolute Gasteiger partial charge is 0.303 e. The summed E-state index contributed by atoms with van der Waals surface area (Å²) in [6.45, 7) is 0.806. The fraction of sp³-hybridized carbons (Fsp3) is 0.778. The van der Waals surface area contributed by atoms with Crippen molar-refractivity contribution in [1.29, 1.82) is 0 Å². The predicted octanol–water partition coefficient (Wildman–Crippen LogP) is -1.23. The Hall–Kier alpha value is -1.14. The number of carbonyl (C=O) groups is 2. The number of hydrogen-bond donors (Lipinski definition) is 3. The molecule has 0 aromatic rings. The molecule has 0 aromatic heterocycles. The highest BCUT2D eigenvalue weighted by Crippen LogP contribution is 2.11. The number of carboxylic acid groups (broad SMARTS) is 1. The zero-order chi connectivity index (χ0) is 11.4. The number of aliphatic carboxylic acids is 1. The minimum atomic E-state index is -0.959. The first-order chi connectivity index (χ1) is 7.00. The molecule has 15 heavy (non-hydrogen) atoms. The van der Waals surface area contributed by atoms with Crippen LogP contribution in [0.4, 0.5) is 0 Å². The molecule has 6 nitrogen and oxygen atoms in total. The van der Waals surface area contributed by atoms with Crippen molar-refractivity contribution in [3.8, 4) is 0 Å². The van der Waals surface area contributed by atoms with Crippen LogP contribution in [0.1, 0.15) is 19.3 Å². The molecule has 0 bridgehead atoms. The Labute approximate surface area is 87.7 Å². The van der Waals surface area contributed by atoms with Crippen LogP contribution < -0.4 is 5.73 Å². The van der Waals surface area contributed by atoms with E-state index in [1.807, 2.05) is 0 Å². The van der Waals surface area contributed by atoms with E-state index in [1.54, 1.807) is 0 Å². The number of carboxylic acids is 1. The number of β-amino-alcohol motifs (C(OH)–C–C–N with tert-alkyl or cyclic N) is 1. The van der Waals surface area contributed by atoms with Crippen LogP contribution in [0.25, 0.3) is 0 Å². The van der Waals surface area contributed by atoms with Gasteiger partial charge >= 0.3 is 5.97 Å². The lowest BCUT2D eigenvalue weighted by atomic mass is 10.1. The van der Waals surface area contributed by atoms with Crippen molar-refractivity contribution >= 4 is 11.9 Å². The molecular weight excluding hydrogens is 200 g/mol. The van der Waals surface area contributed by atoms with E-state index >= 15 is 0 Å². The van der Waals surface area contributed by atoms with Crippen LogP contribution in [-0.2, 0) is 9.59 Å². The summed E-state index contributed by atoms with van der Waals surface area (Å²) >= 11 is 0. The molecule has 0 spiro atoms. The number of nitrogens with two attached hydrogens (primary N) is 1. The van der Waals surface area contributed by atoms with Crippen molar-refractivity contribution in [2.75, 3.05) is 13.1 Å². The largest absolute Gasteiger partial charge is 0.481 e. The third-order valence-electron chi connectivity index (χ3n) is 2.46. The summed E-state index contributed by atoms with van der Waals surface area (Å²) in [4.78, 5) is 23.4. The Morgan fingerprint density at radius 1 is 1.53 bits per heavy atom. The number of nitrogens with zero attached hydrogens (tertiary/aromatic N) is 1. The van der Waals surface area contributed by atoms with Gasteiger partial charge in [0.2, 0.25) is 5.91 Å². The van der Waals surface area contributed by atoms with Crippen molar-refractivity contribution in [3.05, 3.63) is 0 Å². The summed E-state index contributed by atoms with van der Waals surface area (Å²) in [7, 11) is 0. The molecule has 1 rings (SSSR count). The van der Waals surface area contributed by atoms with E-state index in [2.05, 4.69) is 0 Å². The van der Waals surface area contributed by atoms with Crippen LogP contribution in [-0.4, -0.2) is 52.2 Å². The molecule has 1 fully saturated rings. The van der Waals surface area contributed by atoms with Crippen LogP contribution in [0.3, 0.4) is 0 Å². The highest BCUT2D eigenvalue weighted by molar-refractivity contribution is 5.82. The second-order valence-electron chi connectivity index (χ2n) is 3.77. The molecule has 6 heteroatoms. The van der Waals surface area contributed by atoms with Crippen LogP contribution in [0.2, 0.25) is 0 Å². The first kappa shape index (κ1) is 11.9. The average molecular weight is 216 g/mol. The van der Waals surface area contributed by atoms with E-state index in [9.17, 15) is 14.7 Å². The molecule has 1 heterocycles. The molecule has 0 aromatic carbocycles. The molecular formula is C9H16N2O4. The topological polar surface area (TPSA) is 104 Å². The third-order valence-corrected chi connectivity index (χ3v) is 2.46. The van der Waals surface area contributed by atoms with Gasteiger partial charge in [0.15, 0.2) is 0 Å². The molecule has 1 amide bonds. The number of likely N-dealkylation sites (tertiary alicyclic amines) is 1. The molecule has 2 atom stereocenters. The van der Waals surface area contributed by atoms with Crippen LogP contribution in [0.5, 0.6) is 0 Å². The maximum Gasteiger partial charge on any atom is 0.303 e. The normalized spacial score (nSPS) is 22.8. The highest BCUT2D eigenvalue weighted by atomic mass is 16.4. The number of amides is 1. The highest BCUT2D eigenvalue weighted by Gasteiger charge is 2.28. The number of hydrogen-bond acceptors (Lipinski definition) is 4. The van der Waals surface area contributed by atoms with Gasteiger partial charge in [-0.25, -0.2) is 0 Å². The quantitative estimate of drug-likeness (QED) is 0.546. The molecule has 4 N–H and O–H groups in total. The van der Waals surface area contributed by atoms with Crippen molar-refractivity contribution in [1.82, 2.24) is 4.90 Å². The molecule has 0 aliphatic carbocycles. The first-order valence-electron chi connectivity index (χ1n) is 4.95. The lowest BCUT2D eigenvalue weighted by Crippen LogP contribution is -2.43. The second kappa shape index (κ2) is 5.09. The fourth-order valence-corrected chi connectivity index (χ4v) is 1.58. The molecule has 1 unspecified atom stereocenters. The van der Waals surface area contributed by atoms with Gasteiger partial charge in [-0.2, -0.15) is 0 Å². The van der Waals surface area contributed by atoms with E-state index in [4.69, 9.17) is 10.8 Å². The summed E-state index contributed by atoms with van der Waals surface area (Å²) in [6, 6.07) is -0.772. The summed E-state index contributed by atoms with van der Waals surface area (Å²) < 4.78 is 0. The number of carbonyl (C=O) groups excluding carboxylic acids is 1. The number of rotatable bonds is 4. The van der Waals surface area contributed by atoms with Crippen LogP contribution >= 0.6 is 0 Å². The maximum absolute atomic E-state index is 11.6. The Balaban J connectivity index is 2.35. The van der Waals surface area contributed by atoms with Crippen LogP contribution in [0, 0.1) is 0 Å². The summed E-state index contributed by atoms with van der Waals surface area (Å²) in [5.41, 5.74) is 5.55. The minimum absolute atomic E-state index is 0.108. The predicted molar refractivity (Wildman–Crippen MR) is 52.0 cm³/mol. The second-order valence-corrected chi connectivity index (χ2v) is 3.77. The number of aliphatic hydroxyl groups excluding tert-OH is 1. The summed E-state index contributed by atoms with van der Waals surface area (Å²) in [5, 5.41) is 17.7. The summed E-state index contributed by atoms with van der Waals surface area (Å²) in [5.74, 6) is -1.23. The fourth-order valence-electron chi connectivity index (χ4n) is 1.58. The average Bonchev–Trinajstić information content (AvgIpc) is 2.60. The Kier molecular flexibility index (Phi) is 4.05. The van der Waals surface area contributed by atoms with E-state index in [0.29, 0.717) is 19.5 Å². The standard InChI is InChI=1S/C9H16N2O4/c10-7(1-2-8(13)14)9(15)11-4-3-6(12)5-11/h6-7,12H,1-5,10H2,(H,13,14)/t6-,7?/m0/s1. The monoisotopic (exact) mass is 216 g/mol. The van der Waals surface area contributed by atoms with Gasteiger partial charge < -0.3 is 20.8 Å². The zero-order valence-electron chi connectivity index (χ0n) is 8.43. The third kappa shape index (κ3) is 3.49. The first-order valence-corrected chi connectivity index (χ1v) is 4.95. The Morgan fingerprint density at radius 3 is 2.67 bits per heavy atom. The van der Waals surface area contributed by atoms with Gasteiger partial charge in [-0.3, -0.25) is 9.59 Å².